The first-order valence-electron chi connectivity index (χ1n) is 4.98. The van der Waals surface area contributed by atoms with Crippen LogP contribution < -0.4 is 11.0 Å². The van der Waals surface area contributed by atoms with Crippen LogP contribution in [0.4, 0.5) is 0 Å². The Balaban J connectivity index is 2.16. The molecule has 0 aromatic carbocycles. The van der Waals surface area contributed by atoms with E-state index in [0.717, 1.165) is 13.1 Å². The van der Waals surface area contributed by atoms with E-state index >= 15 is 0 Å². The summed E-state index contributed by atoms with van der Waals surface area (Å²) in [5, 5.41) is 3.20. The van der Waals surface area contributed by atoms with Gasteiger partial charge in [-0.25, -0.2) is 4.79 Å². The van der Waals surface area contributed by atoms with Crippen LogP contribution in [0.2, 0.25) is 0 Å². The van der Waals surface area contributed by atoms with Crippen molar-refractivity contribution in [3.63, 3.8) is 0 Å². The molecule has 6 heteroatoms. The zero-order chi connectivity index (χ0) is 10.8. The van der Waals surface area contributed by atoms with Crippen LogP contribution in [0.5, 0.6) is 0 Å². The zero-order valence-electron chi connectivity index (χ0n) is 8.54. The zero-order valence-corrected chi connectivity index (χ0v) is 8.54. The highest BCUT2D eigenvalue weighted by molar-refractivity contribution is 5.92. The molecule has 1 fully saturated rings. The van der Waals surface area contributed by atoms with E-state index in [0.29, 0.717) is 12.2 Å². The molecule has 1 atom stereocenters. The summed E-state index contributed by atoms with van der Waals surface area (Å²) in [5.41, 5.74) is -0.0186. The van der Waals surface area contributed by atoms with Gasteiger partial charge in [0, 0.05) is 31.9 Å². The summed E-state index contributed by atoms with van der Waals surface area (Å²) < 4.78 is 0. The Morgan fingerprint density at radius 3 is 3.00 bits per heavy atom. The van der Waals surface area contributed by atoms with Gasteiger partial charge in [-0.1, -0.05) is 0 Å². The van der Waals surface area contributed by atoms with Crippen LogP contribution in [0.25, 0.3) is 0 Å². The van der Waals surface area contributed by atoms with Gasteiger partial charge in [-0.3, -0.25) is 4.79 Å². The van der Waals surface area contributed by atoms with Crippen molar-refractivity contribution in [2.75, 3.05) is 19.6 Å². The van der Waals surface area contributed by atoms with Crippen molar-refractivity contribution in [2.45, 2.75) is 13.0 Å². The summed E-state index contributed by atoms with van der Waals surface area (Å²) >= 11 is 0. The number of piperazine rings is 1. The third-order valence-corrected chi connectivity index (χ3v) is 2.59. The summed E-state index contributed by atoms with van der Waals surface area (Å²) in [4.78, 5) is 29.5. The Morgan fingerprint density at radius 1 is 1.60 bits per heavy atom. The second-order valence-corrected chi connectivity index (χ2v) is 3.71. The molecule has 1 aliphatic heterocycles. The maximum absolute atomic E-state index is 11.9. The number of carbonyl (C=O) groups is 1. The molecule has 1 aromatic heterocycles. The minimum Gasteiger partial charge on any atom is -0.332 e. The molecule has 2 heterocycles. The maximum Gasteiger partial charge on any atom is 0.323 e. The van der Waals surface area contributed by atoms with Crippen LogP contribution in [0, 0.1) is 0 Å². The van der Waals surface area contributed by atoms with Crippen LogP contribution in [0.15, 0.2) is 11.0 Å². The molecule has 0 unspecified atom stereocenters. The molecule has 1 aliphatic rings. The molecule has 0 radical (unpaired) electrons. The first kappa shape index (κ1) is 9.97. The summed E-state index contributed by atoms with van der Waals surface area (Å²) in [6, 6.07) is 0.157. The van der Waals surface area contributed by atoms with Crippen LogP contribution in [0.1, 0.15) is 17.4 Å². The fraction of sp³-hybridized carbons (Fsp3) is 0.556. The first-order valence-corrected chi connectivity index (χ1v) is 4.98. The number of nitrogens with zero attached hydrogens (tertiary/aromatic N) is 1. The molecule has 6 nitrogen and oxygen atoms in total. The quantitative estimate of drug-likeness (QED) is 0.564. The van der Waals surface area contributed by atoms with E-state index in [1.54, 1.807) is 4.90 Å². The number of rotatable bonds is 1. The number of nitrogens with one attached hydrogen (secondary N) is 3. The number of carbonyl (C=O) groups excluding carboxylic acids is 1. The Bertz CT molecular complexity index is 408. The number of imidazole rings is 1. The van der Waals surface area contributed by atoms with Crippen LogP contribution in [-0.4, -0.2) is 46.5 Å². The number of aromatic nitrogens is 2. The van der Waals surface area contributed by atoms with Gasteiger partial charge in [0.05, 0.1) is 0 Å². The first-order chi connectivity index (χ1) is 7.18. The largest absolute Gasteiger partial charge is 0.332 e. The van der Waals surface area contributed by atoms with Crippen molar-refractivity contribution < 1.29 is 4.79 Å². The van der Waals surface area contributed by atoms with E-state index in [-0.39, 0.29) is 17.6 Å². The van der Waals surface area contributed by atoms with Gasteiger partial charge in [-0.05, 0) is 6.92 Å². The molecule has 0 aliphatic carbocycles. The Labute approximate surface area is 86.7 Å². The van der Waals surface area contributed by atoms with Gasteiger partial charge >= 0.3 is 5.69 Å². The lowest BCUT2D eigenvalue weighted by Crippen LogP contribution is -2.52. The van der Waals surface area contributed by atoms with Gasteiger partial charge in [0.2, 0.25) is 0 Å². The van der Waals surface area contributed by atoms with Crippen molar-refractivity contribution in [2.24, 2.45) is 0 Å². The number of H-pyrrole nitrogens is 2. The predicted octanol–water partition coefficient (Wildman–Crippen LogP) is -0.863. The molecule has 1 amide bonds. The summed E-state index contributed by atoms with van der Waals surface area (Å²) in [5.74, 6) is -0.123. The Hall–Kier alpha value is -1.56. The molecule has 0 spiro atoms. The fourth-order valence-corrected chi connectivity index (χ4v) is 1.74. The molecular weight excluding hydrogens is 196 g/mol. The lowest BCUT2D eigenvalue weighted by molar-refractivity contribution is 0.0650. The van der Waals surface area contributed by atoms with Crippen LogP contribution in [-0.2, 0) is 0 Å². The number of hydrogen-bond acceptors (Lipinski definition) is 3. The highest BCUT2D eigenvalue weighted by atomic mass is 16.2. The molecule has 15 heavy (non-hydrogen) atoms. The molecule has 0 saturated carbocycles. The van der Waals surface area contributed by atoms with E-state index in [1.807, 2.05) is 6.92 Å². The normalized spacial score (nSPS) is 21.7. The van der Waals surface area contributed by atoms with E-state index in [2.05, 4.69) is 15.3 Å². The molecule has 82 valence electrons. The highest BCUT2D eigenvalue weighted by Gasteiger charge is 2.24. The monoisotopic (exact) mass is 210 g/mol. The summed E-state index contributed by atoms with van der Waals surface area (Å²) in [7, 11) is 0. The minimum absolute atomic E-state index is 0.123. The van der Waals surface area contributed by atoms with Gasteiger partial charge < -0.3 is 20.2 Å². The average molecular weight is 210 g/mol. The lowest BCUT2D eigenvalue weighted by atomic mass is 10.2. The molecule has 3 N–H and O–H groups in total. The lowest BCUT2D eigenvalue weighted by Gasteiger charge is -2.33. The molecular formula is C9H14N4O2. The van der Waals surface area contributed by atoms with E-state index in [4.69, 9.17) is 0 Å². The van der Waals surface area contributed by atoms with Gasteiger partial charge in [0.25, 0.3) is 5.91 Å². The van der Waals surface area contributed by atoms with Crippen molar-refractivity contribution in [3.8, 4) is 0 Å². The van der Waals surface area contributed by atoms with E-state index in [1.165, 1.54) is 6.20 Å². The standard InChI is InChI=1S/C9H14N4O2/c1-6-4-10-2-3-13(6)8(14)7-5-11-9(15)12-7/h5-6,10H,2-4H2,1H3,(H2,11,12,15)/t6-/m1/s1. The van der Waals surface area contributed by atoms with Gasteiger partial charge in [-0.2, -0.15) is 0 Å². The SMILES string of the molecule is C[C@@H]1CNCCN1C(=O)c1c[nH]c(=O)[nH]1. The molecule has 2 rings (SSSR count). The third kappa shape index (κ3) is 1.94. The van der Waals surface area contributed by atoms with Gasteiger partial charge in [0.1, 0.15) is 5.69 Å². The summed E-state index contributed by atoms with van der Waals surface area (Å²) in [6.07, 6.45) is 1.42. The predicted molar refractivity (Wildman–Crippen MR) is 54.8 cm³/mol. The molecule has 0 bridgehead atoms. The maximum atomic E-state index is 11.9. The average Bonchev–Trinajstić information content (AvgIpc) is 2.65. The Morgan fingerprint density at radius 2 is 2.40 bits per heavy atom. The molecule has 1 saturated heterocycles. The topological polar surface area (TPSA) is 81.0 Å². The number of aromatic amines is 2. The van der Waals surface area contributed by atoms with Crippen molar-refractivity contribution in [1.82, 2.24) is 20.2 Å². The Kier molecular flexibility index (Phi) is 2.59. The van der Waals surface area contributed by atoms with E-state index in [9.17, 15) is 9.59 Å². The van der Waals surface area contributed by atoms with Crippen molar-refractivity contribution in [1.29, 1.82) is 0 Å². The van der Waals surface area contributed by atoms with Crippen molar-refractivity contribution in [3.05, 3.63) is 22.4 Å². The van der Waals surface area contributed by atoms with E-state index < -0.39 is 0 Å². The fourth-order valence-electron chi connectivity index (χ4n) is 1.74. The second-order valence-electron chi connectivity index (χ2n) is 3.71. The minimum atomic E-state index is -0.346. The number of hydrogen-bond donors (Lipinski definition) is 3. The van der Waals surface area contributed by atoms with Gasteiger partial charge in [-0.15, -0.1) is 0 Å². The van der Waals surface area contributed by atoms with Crippen LogP contribution >= 0.6 is 0 Å². The van der Waals surface area contributed by atoms with Crippen LogP contribution in [0.3, 0.4) is 0 Å². The smallest absolute Gasteiger partial charge is 0.323 e. The number of amides is 1. The highest BCUT2D eigenvalue weighted by Crippen LogP contribution is 2.06. The van der Waals surface area contributed by atoms with Gasteiger partial charge in [0.15, 0.2) is 0 Å². The second kappa shape index (κ2) is 3.90. The molecule has 1 aromatic rings. The third-order valence-electron chi connectivity index (χ3n) is 2.59. The summed E-state index contributed by atoms with van der Waals surface area (Å²) in [6.45, 7) is 4.24. The van der Waals surface area contributed by atoms with Crippen molar-refractivity contribution >= 4 is 5.91 Å².